The Kier molecular flexibility index (Phi) is 6.34. The van der Waals surface area contributed by atoms with E-state index in [-0.39, 0.29) is 6.61 Å². The lowest BCUT2D eigenvalue weighted by Crippen LogP contribution is -2.27. The molecule has 3 N–H and O–H groups in total. The molecule has 0 unspecified atom stereocenters. The fourth-order valence-corrected chi connectivity index (χ4v) is 0.881. The number of hydrogen-bond donors (Lipinski definition) is 3. The quantitative estimate of drug-likeness (QED) is 0.494. The molecular weight excluding hydrogens is 154 g/mol. The van der Waals surface area contributed by atoms with Gasteiger partial charge in [0.2, 0.25) is 0 Å². The van der Waals surface area contributed by atoms with Crippen LogP contribution in [0.3, 0.4) is 0 Å². The minimum absolute atomic E-state index is 0.271. The highest BCUT2D eigenvalue weighted by Gasteiger charge is 2.10. The molecule has 0 rings (SSSR count). The molecule has 0 aromatic carbocycles. The van der Waals surface area contributed by atoms with Crippen LogP contribution in [-0.2, 0) is 0 Å². The summed E-state index contributed by atoms with van der Waals surface area (Å²) in [4.78, 5) is 0. The minimum Gasteiger partial charge on any atom is -0.396 e. The van der Waals surface area contributed by atoms with Gasteiger partial charge in [0.15, 0.2) is 0 Å². The molecule has 74 valence electrons. The van der Waals surface area contributed by atoms with Crippen molar-refractivity contribution in [3.05, 3.63) is 0 Å². The van der Waals surface area contributed by atoms with Gasteiger partial charge in [0, 0.05) is 6.61 Å². The van der Waals surface area contributed by atoms with Crippen molar-refractivity contribution >= 4 is 0 Å². The highest BCUT2D eigenvalue weighted by molar-refractivity contribution is 4.66. The van der Waals surface area contributed by atoms with Gasteiger partial charge >= 0.3 is 0 Å². The SMILES string of the molecule is CC(C)(O)CCNCCCCO. The monoisotopic (exact) mass is 175 g/mol. The molecule has 0 amide bonds. The van der Waals surface area contributed by atoms with Crippen LogP contribution >= 0.6 is 0 Å². The fraction of sp³-hybridized carbons (Fsp3) is 1.00. The van der Waals surface area contributed by atoms with E-state index in [9.17, 15) is 5.11 Å². The predicted molar refractivity (Wildman–Crippen MR) is 50.1 cm³/mol. The zero-order valence-corrected chi connectivity index (χ0v) is 8.14. The van der Waals surface area contributed by atoms with Gasteiger partial charge in [-0.25, -0.2) is 0 Å². The van der Waals surface area contributed by atoms with Crippen molar-refractivity contribution in [2.24, 2.45) is 0 Å². The number of nitrogens with one attached hydrogen (secondary N) is 1. The first-order chi connectivity index (χ1) is 5.56. The molecule has 0 atom stereocenters. The maximum absolute atomic E-state index is 9.34. The third-order valence-corrected chi connectivity index (χ3v) is 1.68. The first-order valence-corrected chi connectivity index (χ1v) is 4.60. The number of hydrogen-bond acceptors (Lipinski definition) is 3. The second kappa shape index (κ2) is 6.40. The predicted octanol–water partition coefficient (Wildman–Crippen LogP) is 0.510. The third-order valence-electron chi connectivity index (χ3n) is 1.68. The summed E-state index contributed by atoms with van der Waals surface area (Å²) in [5, 5.41) is 21.0. The highest BCUT2D eigenvalue weighted by atomic mass is 16.3. The molecule has 0 aliphatic heterocycles. The van der Waals surface area contributed by atoms with Gasteiger partial charge in [-0.15, -0.1) is 0 Å². The summed E-state index contributed by atoms with van der Waals surface area (Å²) in [6.07, 6.45) is 2.63. The van der Waals surface area contributed by atoms with E-state index < -0.39 is 5.60 Å². The number of aliphatic hydroxyl groups is 2. The standard InChI is InChI=1S/C9H21NO2/c1-9(2,12)5-7-10-6-3-4-8-11/h10-12H,3-8H2,1-2H3. The molecule has 0 aliphatic rings. The lowest BCUT2D eigenvalue weighted by Gasteiger charge is -2.16. The Balaban J connectivity index is 3.01. The van der Waals surface area contributed by atoms with E-state index in [4.69, 9.17) is 5.11 Å². The van der Waals surface area contributed by atoms with Crippen LogP contribution in [0.4, 0.5) is 0 Å². The zero-order chi connectivity index (χ0) is 9.45. The normalized spacial score (nSPS) is 12.0. The maximum Gasteiger partial charge on any atom is 0.0603 e. The van der Waals surface area contributed by atoms with Crippen LogP contribution < -0.4 is 5.32 Å². The second-order valence-corrected chi connectivity index (χ2v) is 3.74. The summed E-state index contributed by atoms with van der Waals surface area (Å²) in [5.41, 5.74) is -0.565. The Labute approximate surface area is 74.8 Å². The Morgan fingerprint density at radius 1 is 1.17 bits per heavy atom. The van der Waals surface area contributed by atoms with E-state index >= 15 is 0 Å². The Hall–Kier alpha value is -0.120. The molecule has 3 heteroatoms. The summed E-state index contributed by atoms with van der Waals surface area (Å²) in [6.45, 7) is 5.66. The molecule has 0 aromatic heterocycles. The summed E-state index contributed by atoms with van der Waals surface area (Å²) in [7, 11) is 0. The molecule has 0 saturated carbocycles. The van der Waals surface area contributed by atoms with Gasteiger partial charge in [-0.3, -0.25) is 0 Å². The van der Waals surface area contributed by atoms with Crippen molar-refractivity contribution in [3.63, 3.8) is 0 Å². The molecule has 0 radical (unpaired) electrons. The molecule has 0 aromatic rings. The molecule has 0 bridgehead atoms. The van der Waals surface area contributed by atoms with Gasteiger partial charge < -0.3 is 15.5 Å². The van der Waals surface area contributed by atoms with Crippen LogP contribution in [0.2, 0.25) is 0 Å². The van der Waals surface area contributed by atoms with Gasteiger partial charge in [-0.05, 0) is 46.2 Å². The lowest BCUT2D eigenvalue weighted by atomic mass is 10.1. The van der Waals surface area contributed by atoms with E-state index in [1.165, 1.54) is 0 Å². The average Bonchev–Trinajstić information content (AvgIpc) is 1.94. The van der Waals surface area contributed by atoms with Crippen molar-refractivity contribution in [2.75, 3.05) is 19.7 Å². The van der Waals surface area contributed by atoms with Crippen LogP contribution in [0.15, 0.2) is 0 Å². The number of unbranched alkanes of at least 4 members (excludes halogenated alkanes) is 1. The Morgan fingerprint density at radius 3 is 2.33 bits per heavy atom. The molecule has 3 nitrogen and oxygen atoms in total. The summed E-state index contributed by atoms with van der Waals surface area (Å²) in [6, 6.07) is 0. The zero-order valence-electron chi connectivity index (χ0n) is 8.14. The Bertz CT molecular complexity index is 99.2. The van der Waals surface area contributed by atoms with Gasteiger partial charge in [-0.2, -0.15) is 0 Å². The van der Waals surface area contributed by atoms with Crippen molar-refractivity contribution in [2.45, 2.75) is 38.7 Å². The fourth-order valence-electron chi connectivity index (χ4n) is 0.881. The summed E-state index contributed by atoms with van der Waals surface area (Å²) >= 11 is 0. The minimum atomic E-state index is -0.565. The highest BCUT2D eigenvalue weighted by Crippen LogP contribution is 2.04. The summed E-state index contributed by atoms with van der Waals surface area (Å²) in [5.74, 6) is 0. The van der Waals surface area contributed by atoms with Crippen LogP contribution in [-0.4, -0.2) is 35.5 Å². The molecular formula is C9H21NO2. The van der Waals surface area contributed by atoms with Gasteiger partial charge in [0.05, 0.1) is 5.60 Å². The van der Waals surface area contributed by atoms with Crippen molar-refractivity contribution in [1.82, 2.24) is 5.32 Å². The van der Waals surface area contributed by atoms with Crippen molar-refractivity contribution in [3.8, 4) is 0 Å². The van der Waals surface area contributed by atoms with Gasteiger partial charge in [0.1, 0.15) is 0 Å². The van der Waals surface area contributed by atoms with E-state index in [1.807, 2.05) is 13.8 Å². The Morgan fingerprint density at radius 2 is 1.83 bits per heavy atom. The topological polar surface area (TPSA) is 52.5 Å². The molecule has 0 aliphatic carbocycles. The lowest BCUT2D eigenvalue weighted by molar-refractivity contribution is 0.0712. The third kappa shape index (κ3) is 9.88. The molecule has 0 fully saturated rings. The second-order valence-electron chi connectivity index (χ2n) is 3.74. The first-order valence-electron chi connectivity index (χ1n) is 4.60. The molecule has 12 heavy (non-hydrogen) atoms. The molecule has 0 heterocycles. The average molecular weight is 175 g/mol. The van der Waals surface area contributed by atoms with Crippen LogP contribution in [0.25, 0.3) is 0 Å². The van der Waals surface area contributed by atoms with Crippen LogP contribution in [0.5, 0.6) is 0 Å². The van der Waals surface area contributed by atoms with Crippen molar-refractivity contribution < 1.29 is 10.2 Å². The first kappa shape index (κ1) is 11.9. The smallest absolute Gasteiger partial charge is 0.0603 e. The van der Waals surface area contributed by atoms with E-state index in [0.717, 1.165) is 32.4 Å². The summed E-state index contributed by atoms with van der Waals surface area (Å²) < 4.78 is 0. The van der Waals surface area contributed by atoms with Crippen LogP contribution in [0.1, 0.15) is 33.1 Å². The number of rotatable bonds is 7. The van der Waals surface area contributed by atoms with Crippen molar-refractivity contribution in [1.29, 1.82) is 0 Å². The maximum atomic E-state index is 9.34. The van der Waals surface area contributed by atoms with E-state index in [0.29, 0.717) is 0 Å². The number of aliphatic hydroxyl groups excluding tert-OH is 1. The molecule has 0 saturated heterocycles. The largest absolute Gasteiger partial charge is 0.396 e. The van der Waals surface area contributed by atoms with E-state index in [1.54, 1.807) is 0 Å². The molecule has 0 spiro atoms. The van der Waals surface area contributed by atoms with Crippen LogP contribution in [0, 0.1) is 0 Å². The van der Waals surface area contributed by atoms with E-state index in [2.05, 4.69) is 5.32 Å². The van der Waals surface area contributed by atoms with Gasteiger partial charge in [0.25, 0.3) is 0 Å². The van der Waals surface area contributed by atoms with Gasteiger partial charge in [-0.1, -0.05) is 0 Å².